The van der Waals surface area contributed by atoms with E-state index < -0.39 is 0 Å². The van der Waals surface area contributed by atoms with Gasteiger partial charge in [-0.05, 0) is 31.2 Å². The van der Waals surface area contributed by atoms with Crippen LogP contribution in [0.5, 0.6) is 0 Å². The van der Waals surface area contributed by atoms with Gasteiger partial charge < -0.3 is 4.42 Å². The second-order valence-electron chi connectivity index (χ2n) is 4.50. The molecule has 0 atom stereocenters. The van der Waals surface area contributed by atoms with Crippen LogP contribution in [0.4, 0.5) is 5.13 Å². The Bertz CT molecular complexity index is 828. The third-order valence-corrected chi connectivity index (χ3v) is 4.45. The summed E-state index contributed by atoms with van der Waals surface area (Å²) in [6.07, 6.45) is 1.63. The number of anilines is 1. The Hall–Kier alpha value is -1.82. The van der Waals surface area contributed by atoms with Gasteiger partial charge >= 0.3 is 0 Å². The lowest BCUT2D eigenvalue weighted by molar-refractivity contribution is 0.102. The van der Waals surface area contributed by atoms with E-state index in [0.717, 1.165) is 5.56 Å². The molecule has 7 heteroatoms. The van der Waals surface area contributed by atoms with Crippen molar-refractivity contribution in [1.82, 2.24) is 4.98 Å². The molecule has 0 radical (unpaired) electrons. The Kier molecular flexibility index (Phi) is 4.20. The van der Waals surface area contributed by atoms with Gasteiger partial charge in [0.15, 0.2) is 5.13 Å². The minimum Gasteiger partial charge on any atom is -0.461 e. The Morgan fingerprint density at radius 3 is 2.77 bits per heavy atom. The van der Waals surface area contributed by atoms with Gasteiger partial charge in [-0.25, -0.2) is 4.98 Å². The van der Waals surface area contributed by atoms with Crippen molar-refractivity contribution in [3.63, 3.8) is 0 Å². The summed E-state index contributed by atoms with van der Waals surface area (Å²) in [4.78, 5) is 16.3. The highest BCUT2D eigenvalue weighted by molar-refractivity contribution is 7.13. The molecule has 3 aromatic rings. The zero-order valence-corrected chi connectivity index (χ0v) is 13.7. The number of carbonyl (C=O) groups excluding carboxylic acids is 1. The largest absolute Gasteiger partial charge is 0.461 e. The molecule has 0 bridgehead atoms. The number of furan rings is 1. The number of carbonyl (C=O) groups is 1. The molecule has 0 saturated heterocycles. The fraction of sp³-hybridized carbons (Fsp3) is 0.0667. The van der Waals surface area contributed by atoms with Gasteiger partial charge in [0.1, 0.15) is 11.5 Å². The van der Waals surface area contributed by atoms with Crippen LogP contribution in [0.15, 0.2) is 40.3 Å². The van der Waals surface area contributed by atoms with E-state index in [4.69, 9.17) is 27.6 Å². The van der Waals surface area contributed by atoms with Gasteiger partial charge in [-0.2, -0.15) is 0 Å². The van der Waals surface area contributed by atoms with E-state index in [1.165, 1.54) is 11.3 Å². The number of amides is 1. The van der Waals surface area contributed by atoms with Crippen molar-refractivity contribution in [2.45, 2.75) is 6.92 Å². The third kappa shape index (κ3) is 3.02. The molecule has 22 heavy (non-hydrogen) atoms. The van der Waals surface area contributed by atoms with E-state index in [1.807, 2.05) is 0 Å². The number of nitrogens with one attached hydrogen (secondary N) is 1. The number of rotatable bonds is 3. The maximum Gasteiger partial charge on any atom is 0.261 e. The molecule has 0 saturated carbocycles. The third-order valence-electron chi connectivity index (χ3n) is 3.02. The van der Waals surface area contributed by atoms with E-state index in [0.29, 0.717) is 32.3 Å². The Balaban J connectivity index is 1.90. The van der Waals surface area contributed by atoms with Crippen LogP contribution >= 0.6 is 34.5 Å². The van der Waals surface area contributed by atoms with Crippen molar-refractivity contribution >= 4 is 45.6 Å². The van der Waals surface area contributed by atoms with Gasteiger partial charge in [-0.1, -0.05) is 23.2 Å². The zero-order chi connectivity index (χ0) is 15.7. The molecule has 4 nitrogen and oxygen atoms in total. The molecule has 0 aliphatic carbocycles. The van der Waals surface area contributed by atoms with Gasteiger partial charge in [0.05, 0.1) is 15.6 Å². The van der Waals surface area contributed by atoms with Crippen molar-refractivity contribution in [1.29, 1.82) is 0 Å². The van der Waals surface area contributed by atoms with Crippen LogP contribution < -0.4 is 5.32 Å². The van der Waals surface area contributed by atoms with Crippen molar-refractivity contribution in [3.8, 4) is 11.3 Å². The number of aryl methyl sites for hydroxylation is 1. The van der Waals surface area contributed by atoms with Crippen LogP contribution in [0.2, 0.25) is 10.0 Å². The highest BCUT2D eigenvalue weighted by atomic mass is 35.5. The lowest BCUT2D eigenvalue weighted by Crippen LogP contribution is -2.11. The summed E-state index contributed by atoms with van der Waals surface area (Å²) in [7, 11) is 0. The fourth-order valence-electron chi connectivity index (χ4n) is 1.95. The second kappa shape index (κ2) is 6.12. The molecule has 0 fully saturated rings. The molecule has 0 spiro atoms. The summed E-state index contributed by atoms with van der Waals surface area (Å²) in [6, 6.07) is 6.85. The molecule has 112 valence electrons. The van der Waals surface area contributed by atoms with E-state index >= 15 is 0 Å². The van der Waals surface area contributed by atoms with E-state index in [2.05, 4.69) is 10.3 Å². The van der Waals surface area contributed by atoms with Crippen LogP contribution in [0, 0.1) is 6.92 Å². The van der Waals surface area contributed by atoms with Crippen molar-refractivity contribution < 1.29 is 9.21 Å². The maximum atomic E-state index is 12.2. The summed E-state index contributed by atoms with van der Waals surface area (Å²) in [5.74, 6) is 0.818. The number of aromatic nitrogens is 1. The summed E-state index contributed by atoms with van der Waals surface area (Å²) in [5, 5.41) is 5.96. The summed E-state index contributed by atoms with van der Waals surface area (Å²) < 4.78 is 5.66. The number of nitrogens with zero attached hydrogens (tertiary/aromatic N) is 1. The Morgan fingerprint density at radius 2 is 2.09 bits per heavy atom. The molecular formula is C15H10Cl2N2O2S. The summed E-state index contributed by atoms with van der Waals surface area (Å²) in [6.45, 7) is 1.73. The maximum absolute atomic E-state index is 12.2. The molecule has 3 rings (SSSR count). The first-order valence-electron chi connectivity index (χ1n) is 6.31. The summed E-state index contributed by atoms with van der Waals surface area (Å²) in [5.41, 5.74) is 1.21. The molecule has 2 heterocycles. The Morgan fingerprint density at radius 1 is 1.27 bits per heavy atom. The van der Waals surface area contributed by atoms with Crippen LogP contribution in [0.25, 0.3) is 11.3 Å². The highest BCUT2D eigenvalue weighted by Gasteiger charge is 2.17. The van der Waals surface area contributed by atoms with E-state index in [1.54, 1.807) is 42.8 Å². The van der Waals surface area contributed by atoms with Gasteiger partial charge in [0, 0.05) is 17.1 Å². The minimum absolute atomic E-state index is 0.262. The lowest BCUT2D eigenvalue weighted by Gasteiger charge is -1.99. The molecule has 1 aromatic carbocycles. The first kappa shape index (κ1) is 15.1. The smallest absolute Gasteiger partial charge is 0.261 e. The van der Waals surface area contributed by atoms with Gasteiger partial charge in [-0.3, -0.25) is 10.1 Å². The number of thiazole rings is 1. The molecule has 0 unspecified atom stereocenters. The van der Waals surface area contributed by atoms with Crippen LogP contribution in [0.3, 0.4) is 0 Å². The number of benzene rings is 1. The van der Waals surface area contributed by atoms with E-state index in [-0.39, 0.29) is 5.91 Å². The van der Waals surface area contributed by atoms with Crippen molar-refractivity contribution in [2.75, 3.05) is 5.32 Å². The highest BCUT2D eigenvalue weighted by Crippen LogP contribution is 2.31. The average molecular weight is 353 g/mol. The van der Waals surface area contributed by atoms with Gasteiger partial charge in [-0.15, -0.1) is 11.3 Å². The molecule has 2 aromatic heterocycles. The molecule has 0 aliphatic rings. The minimum atomic E-state index is -0.262. The van der Waals surface area contributed by atoms with Gasteiger partial charge in [0.25, 0.3) is 5.91 Å². The summed E-state index contributed by atoms with van der Waals surface area (Å²) >= 11 is 13.3. The van der Waals surface area contributed by atoms with Crippen LogP contribution in [-0.2, 0) is 0 Å². The second-order valence-corrected chi connectivity index (χ2v) is 6.21. The van der Waals surface area contributed by atoms with E-state index in [9.17, 15) is 4.79 Å². The van der Waals surface area contributed by atoms with Crippen molar-refractivity contribution in [3.05, 3.63) is 57.2 Å². The number of hydrogen-bond donors (Lipinski definition) is 1. The first-order chi connectivity index (χ1) is 10.5. The number of halogens is 2. The monoisotopic (exact) mass is 352 g/mol. The van der Waals surface area contributed by atoms with Gasteiger partial charge in [0.2, 0.25) is 0 Å². The SMILES string of the molecule is Cc1oc(-c2ccc(Cl)c(Cl)c2)cc1C(=O)Nc1nccs1. The number of hydrogen-bond acceptors (Lipinski definition) is 4. The van der Waals surface area contributed by atoms with Crippen LogP contribution in [0.1, 0.15) is 16.1 Å². The molecular weight excluding hydrogens is 343 g/mol. The predicted molar refractivity (Wildman–Crippen MR) is 89.0 cm³/mol. The lowest BCUT2D eigenvalue weighted by atomic mass is 10.1. The standard InChI is InChI=1S/C15H10Cl2N2O2S/c1-8-10(14(20)19-15-18-4-5-22-15)7-13(21-8)9-2-3-11(16)12(17)6-9/h2-7H,1H3,(H,18,19,20). The van der Waals surface area contributed by atoms with Crippen LogP contribution in [-0.4, -0.2) is 10.9 Å². The topological polar surface area (TPSA) is 55.1 Å². The first-order valence-corrected chi connectivity index (χ1v) is 7.95. The average Bonchev–Trinajstić information content (AvgIpc) is 3.11. The molecule has 0 aliphatic heterocycles. The normalized spacial score (nSPS) is 10.7. The predicted octanol–water partition coefficient (Wildman–Crippen LogP) is 5.27. The quantitative estimate of drug-likeness (QED) is 0.698. The van der Waals surface area contributed by atoms with Crippen molar-refractivity contribution in [2.24, 2.45) is 0 Å². The molecule has 1 N–H and O–H groups in total. The zero-order valence-electron chi connectivity index (χ0n) is 11.4. The molecule has 1 amide bonds. The Labute approximate surface area is 140 Å². The fourth-order valence-corrected chi connectivity index (χ4v) is 2.77.